The minimum absolute atomic E-state index is 0.0957. The normalized spacial score (nSPS) is 17.1. The van der Waals surface area contributed by atoms with Crippen LogP contribution >= 0.6 is 0 Å². The van der Waals surface area contributed by atoms with E-state index in [0.29, 0.717) is 5.56 Å². The van der Waals surface area contributed by atoms with Crippen molar-refractivity contribution >= 4 is 22.8 Å². The Hall–Kier alpha value is -2.43. The van der Waals surface area contributed by atoms with Gasteiger partial charge in [-0.3, -0.25) is 9.78 Å². The summed E-state index contributed by atoms with van der Waals surface area (Å²) in [5.74, 6) is -0.541. The highest BCUT2D eigenvalue weighted by Gasteiger charge is 2.27. The molecule has 0 spiro atoms. The number of amides is 1. The van der Waals surface area contributed by atoms with Gasteiger partial charge in [-0.15, -0.1) is 0 Å². The molecule has 2 aromatic rings. The van der Waals surface area contributed by atoms with Gasteiger partial charge >= 0.3 is 5.97 Å². The molecular formula is C22H28N2O3. The first-order chi connectivity index (χ1) is 13.1. The smallest absolute Gasteiger partial charge is 0.339 e. The van der Waals surface area contributed by atoms with E-state index in [1.807, 2.05) is 43.0 Å². The van der Waals surface area contributed by atoms with Crippen LogP contribution in [0.2, 0.25) is 0 Å². The number of esters is 1. The SMILES string of the molecule is CCc1nc2ccccc2c(C(=O)OCC(=O)N2CCCC[C@@H]2CC)c1C. The molecule has 2 heterocycles. The quantitative estimate of drug-likeness (QED) is 0.747. The number of rotatable bonds is 5. The van der Waals surface area contributed by atoms with E-state index in [0.717, 1.165) is 60.8 Å². The van der Waals surface area contributed by atoms with Crippen LogP contribution in [0.5, 0.6) is 0 Å². The maximum atomic E-state index is 12.9. The Kier molecular flexibility index (Phi) is 6.09. The molecule has 5 heteroatoms. The second-order valence-corrected chi connectivity index (χ2v) is 7.15. The van der Waals surface area contributed by atoms with E-state index in [-0.39, 0.29) is 18.6 Å². The molecule has 0 radical (unpaired) electrons. The number of para-hydroxylation sites is 1. The molecule has 27 heavy (non-hydrogen) atoms. The lowest BCUT2D eigenvalue weighted by Crippen LogP contribution is -2.45. The van der Waals surface area contributed by atoms with Crippen molar-refractivity contribution in [2.24, 2.45) is 0 Å². The first kappa shape index (κ1) is 19.3. The van der Waals surface area contributed by atoms with Gasteiger partial charge < -0.3 is 9.64 Å². The Morgan fingerprint density at radius 1 is 1.22 bits per heavy atom. The third-order valence-electron chi connectivity index (χ3n) is 5.52. The molecule has 1 amide bonds. The van der Waals surface area contributed by atoms with Crippen LogP contribution < -0.4 is 0 Å². The molecule has 0 N–H and O–H groups in total. The lowest BCUT2D eigenvalue weighted by Gasteiger charge is -2.35. The predicted molar refractivity (Wildman–Crippen MR) is 106 cm³/mol. The Balaban J connectivity index is 1.80. The molecule has 5 nitrogen and oxygen atoms in total. The number of carbonyl (C=O) groups is 2. The van der Waals surface area contributed by atoms with Crippen LogP contribution in [0, 0.1) is 6.92 Å². The molecule has 0 saturated carbocycles. The average molecular weight is 368 g/mol. The summed E-state index contributed by atoms with van der Waals surface area (Å²) in [6.45, 7) is 6.57. The summed E-state index contributed by atoms with van der Waals surface area (Å²) in [6, 6.07) is 7.83. The molecule has 0 aliphatic carbocycles. The van der Waals surface area contributed by atoms with Crippen molar-refractivity contribution in [3.8, 4) is 0 Å². The van der Waals surface area contributed by atoms with E-state index >= 15 is 0 Å². The van der Waals surface area contributed by atoms with E-state index in [1.54, 1.807) is 0 Å². The number of fused-ring (bicyclic) bond motifs is 1. The van der Waals surface area contributed by atoms with Crippen molar-refractivity contribution in [1.29, 1.82) is 0 Å². The van der Waals surface area contributed by atoms with Crippen LogP contribution in [-0.4, -0.2) is 41.0 Å². The number of pyridine rings is 1. The lowest BCUT2D eigenvalue weighted by atomic mass is 10.00. The van der Waals surface area contributed by atoms with Crippen molar-refractivity contribution in [3.05, 3.63) is 41.1 Å². The third kappa shape index (κ3) is 3.97. The summed E-state index contributed by atoms with van der Waals surface area (Å²) < 4.78 is 5.47. The lowest BCUT2D eigenvalue weighted by molar-refractivity contribution is -0.138. The second kappa shape index (κ2) is 8.51. The zero-order valence-electron chi connectivity index (χ0n) is 16.5. The van der Waals surface area contributed by atoms with Crippen LogP contribution in [0.15, 0.2) is 24.3 Å². The summed E-state index contributed by atoms with van der Waals surface area (Å²) in [6.07, 6.45) is 4.88. The van der Waals surface area contributed by atoms with Crippen molar-refractivity contribution in [2.45, 2.75) is 58.9 Å². The van der Waals surface area contributed by atoms with Crippen LogP contribution in [-0.2, 0) is 16.0 Å². The van der Waals surface area contributed by atoms with Gasteiger partial charge in [-0.05, 0) is 50.7 Å². The summed E-state index contributed by atoms with van der Waals surface area (Å²) >= 11 is 0. The number of likely N-dealkylation sites (tertiary alicyclic amines) is 1. The molecule has 1 aliphatic heterocycles. The van der Waals surface area contributed by atoms with E-state index in [9.17, 15) is 9.59 Å². The number of benzene rings is 1. The van der Waals surface area contributed by atoms with Crippen molar-refractivity contribution < 1.29 is 14.3 Å². The fourth-order valence-corrected chi connectivity index (χ4v) is 4.00. The van der Waals surface area contributed by atoms with Crippen LogP contribution in [0.1, 0.15) is 61.1 Å². The number of ether oxygens (including phenoxy) is 1. The second-order valence-electron chi connectivity index (χ2n) is 7.15. The minimum atomic E-state index is -0.445. The highest BCUT2D eigenvalue weighted by Crippen LogP contribution is 2.25. The first-order valence-corrected chi connectivity index (χ1v) is 9.91. The summed E-state index contributed by atoms with van der Waals surface area (Å²) in [5, 5.41) is 0.772. The van der Waals surface area contributed by atoms with Crippen LogP contribution in [0.3, 0.4) is 0 Å². The maximum Gasteiger partial charge on any atom is 0.339 e. The largest absolute Gasteiger partial charge is 0.452 e. The number of hydrogen-bond donors (Lipinski definition) is 0. The number of nitrogens with zero attached hydrogens (tertiary/aromatic N) is 2. The highest BCUT2D eigenvalue weighted by atomic mass is 16.5. The summed E-state index contributed by atoms with van der Waals surface area (Å²) in [7, 11) is 0. The third-order valence-corrected chi connectivity index (χ3v) is 5.52. The van der Waals surface area contributed by atoms with Gasteiger partial charge in [0.05, 0.1) is 11.1 Å². The number of carbonyl (C=O) groups excluding carboxylic acids is 2. The molecule has 1 saturated heterocycles. The van der Waals surface area contributed by atoms with Crippen LogP contribution in [0.25, 0.3) is 10.9 Å². The fourth-order valence-electron chi connectivity index (χ4n) is 4.00. The van der Waals surface area contributed by atoms with Gasteiger partial charge in [0, 0.05) is 23.7 Å². The number of hydrogen-bond acceptors (Lipinski definition) is 4. The Bertz CT molecular complexity index is 847. The monoisotopic (exact) mass is 368 g/mol. The Morgan fingerprint density at radius 3 is 2.74 bits per heavy atom. The summed E-state index contributed by atoms with van der Waals surface area (Å²) in [4.78, 5) is 32.0. The van der Waals surface area contributed by atoms with E-state index in [2.05, 4.69) is 11.9 Å². The van der Waals surface area contributed by atoms with Crippen LogP contribution in [0.4, 0.5) is 0 Å². The topological polar surface area (TPSA) is 59.5 Å². The van der Waals surface area contributed by atoms with Gasteiger partial charge in [0.25, 0.3) is 5.91 Å². The van der Waals surface area contributed by atoms with Crippen molar-refractivity contribution in [3.63, 3.8) is 0 Å². The average Bonchev–Trinajstić information content (AvgIpc) is 2.71. The van der Waals surface area contributed by atoms with Crippen molar-refractivity contribution in [1.82, 2.24) is 9.88 Å². The highest BCUT2D eigenvalue weighted by molar-refractivity contribution is 6.05. The first-order valence-electron chi connectivity index (χ1n) is 9.91. The molecule has 1 aromatic heterocycles. The zero-order valence-corrected chi connectivity index (χ0v) is 16.5. The molecule has 1 fully saturated rings. The Labute approximate surface area is 160 Å². The molecule has 1 aromatic carbocycles. The van der Waals surface area contributed by atoms with Gasteiger partial charge in [0.15, 0.2) is 6.61 Å². The van der Waals surface area contributed by atoms with E-state index < -0.39 is 5.97 Å². The van der Waals surface area contributed by atoms with Gasteiger partial charge in [-0.1, -0.05) is 32.0 Å². The maximum absolute atomic E-state index is 12.9. The molecular weight excluding hydrogens is 340 g/mol. The summed E-state index contributed by atoms with van der Waals surface area (Å²) in [5.41, 5.74) is 3.02. The molecule has 0 unspecified atom stereocenters. The molecule has 1 aliphatic rings. The predicted octanol–water partition coefficient (Wildman–Crippen LogP) is 4.05. The van der Waals surface area contributed by atoms with Gasteiger partial charge in [-0.25, -0.2) is 4.79 Å². The van der Waals surface area contributed by atoms with Crippen molar-refractivity contribution in [2.75, 3.05) is 13.2 Å². The molecule has 0 bridgehead atoms. The Morgan fingerprint density at radius 2 is 2.00 bits per heavy atom. The number of aromatic nitrogens is 1. The van der Waals surface area contributed by atoms with Gasteiger partial charge in [0.2, 0.25) is 0 Å². The fraction of sp³-hybridized carbons (Fsp3) is 0.500. The molecule has 3 rings (SSSR count). The zero-order chi connectivity index (χ0) is 19.4. The van der Waals surface area contributed by atoms with Gasteiger partial charge in [-0.2, -0.15) is 0 Å². The van der Waals surface area contributed by atoms with Gasteiger partial charge in [0.1, 0.15) is 0 Å². The number of aryl methyl sites for hydroxylation is 1. The minimum Gasteiger partial charge on any atom is -0.452 e. The standard InChI is InChI=1S/C22H28N2O3/c1-4-16-10-8-9-13-24(16)20(25)14-27-22(26)21-15(3)18(5-2)23-19-12-7-6-11-17(19)21/h6-7,11-12,16H,4-5,8-10,13-14H2,1-3H3/t16-/m0/s1. The van der Waals surface area contributed by atoms with E-state index in [1.165, 1.54) is 0 Å². The molecule has 144 valence electrons. The number of piperidine rings is 1. The van der Waals surface area contributed by atoms with E-state index in [4.69, 9.17) is 4.74 Å². The molecule has 1 atom stereocenters.